The summed E-state index contributed by atoms with van der Waals surface area (Å²) >= 11 is 18.2. The number of hydrogen-bond acceptors (Lipinski definition) is 2. The van der Waals surface area contributed by atoms with Crippen LogP contribution in [0.4, 0.5) is 11.4 Å². The van der Waals surface area contributed by atoms with Crippen LogP contribution in [0.3, 0.4) is 0 Å². The second-order valence-corrected chi connectivity index (χ2v) is 10.1. The monoisotopic (exact) mass is 762 g/mol. The molecule has 0 spiro atoms. The number of thiocarbonyl (C=S) groups is 2. The quantitative estimate of drug-likeness (QED) is 0.111. The van der Waals surface area contributed by atoms with Crippen LogP contribution in [-0.2, 0) is 111 Å². The fourth-order valence-corrected chi connectivity index (χ4v) is 4.29. The zero-order chi connectivity index (χ0) is 23.9. The van der Waals surface area contributed by atoms with Crippen molar-refractivity contribution >= 4 is 96.7 Å². The standard InChI is InChI=1S/2C13H19NS2.2S.3Zn/c2*1-3-6-10-8-5-9-12(14-13(15)16)11(10)7-4-2;;;;;/h2*5,8-9H,3-4,6-7H2,1-2H3,(H2,14,15,16);;;;;/q;;2*-2;3*+2. The first-order valence-corrected chi connectivity index (χ1v) is 13.3. The molecule has 192 valence electrons. The van der Waals surface area contributed by atoms with E-state index in [9.17, 15) is 0 Å². The molecule has 2 N–H and O–H groups in total. The molecule has 0 aliphatic carbocycles. The van der Waals surface area contributed by atoms with Gasteiger partial charge in [-0.05, 0) is 60.1 Å². The van der Waals surface area contributed by atoms with E-state index in [1.165, 1.54) is 35.1 Å². The van der Waals surface area contributed by atoms with Gasteiger partial charge in [0, 0.05) is 11.4 Å². The average Bonchev–Trinajstić information content (AvgIpc) is 2.73. The minimum atomic E-state index is 0. The van der Waals surface area contributed by atoms with E-state index < -0.39 is 0 Å². The predicted octanol–water partition coefficient (Wildman–Crippen LogP) is 8.42. The van der Waals surface area contributed by atoms with E-state index in [2.05, 4.69) is 100.0 Å². The van der Waals surface area contributed by atoms with Crippen molar-refractivity contribution in [3.8, 4) is 0 Å². The van der Waals surface area contributed by atoms with Crippen LogP contribution in [0.5, 0.6) is 0 Å². The summed E-state index contributed by atoms with van der Waals surface area (Å²) in [5.74, 6) is 0. The third kappa shape index (κ3) is 19.3. The van der Waals surface area contributed by atoms with Crippen molar-refractivity contribution in [2.45, 2.75) is 79.1 Å². The van der Waals surface area contributed by atoms with Gasteiger partial charge in [0.05, 0.1) is 0 Å². The molecule has 2 aromatic rings. The van der Waals surface area contributed by atoms with Gasteiger partial charge in [0.1, 0.15) is 8.64 Å². The number of benzene rings is 2. The molecule has 0 unspecified atom stereocenters. The molecule has 0 bridgehead atoms. The first kappa shape index (κ1) is 48.2. The molecule has 2 rings (SSSR count). The van der Waals surface area contributed by atoms with Crippen LogP contribution in [-0.4, -0.2) is 8.64 Å². The maximum absolute atomic E-state index is 4.98. The summed E-state index contributed by atoms with van der Waals surface area (Å²) in [5.41, 5.74) is 7.88. The van der Waals surface area contributed by atoms with Crippen molar-refractivity contribution in [3.63, 3.8) is 0 Å². The molecule has 0 radical (unpaired) electrons. The molecular formula is C26H38N2S6Zn3+2. The van der Waals surface area contributed by atoms with Crippen molar-refractivity contribution in [1.29, 1.82) is 0 Å². The van der Waals surface area contributed by atoms with E-state index in [0.29, 0.717) is 8.64 Å². The zero-order valence-corrected chi connectivity index (χ0v) is 36.7. The van der Waals surface area contributed by atoms with Gasteiger partial charge in [0.2, 0.25) is 0 Å². The van der Waals surface area contributed by atoms with E-state index in [0.717, 1.165) is 49.9 Å². The minimum Gasteiger partial charge on any atom is -2.00 e. The molecule has 0 saturated heterocycles. The SMILES string of the molecule is CCCc1cccc(NC(=S)S)c1CCC.CCCc1cccc(NC(=S)S)c1CCC.[S-2].[S-2].[Zn+2].[Zn+2].[Zn+2]. The van der Waals surface area contributed by atoms with Crippen molar-refractivity contribution in [2.24, 2.45) is 0 Å². The van der Waals surface area contributed by atoms with E-state index in [1.807, 2.05) is 0 Å². The van der Waals surface area contributed by atoms with Crippen molar-refractivity contribution < 1.29 is 58.4 Å². The van der Waals surface area contributed by atoms with Crippen molar-refractivity contribution in [1.82, 2.24) is 0 Å². The summed E-state index contributed by atoms with van der Waals surface area (Å²) < 4.78 is 1.07. The number of aryl methyl sites for hydroxylation is 2. The fraction of sp³-hybridized carbons (Fsp3) is 0.462. The average molecular weight is 767 g/mol. The fourth-order valence-electron chi connectivity index (χ4n) is 3.83. The maximum atomic E-state index is 4.98. The van der Waals surface area contributed by atoms with Gasteiger partial charge in [0.25, 0.3) is 0 Å². The molecule has 2 nitrogen and oxygen atoms in total. The van der Waals surface area contributed by atoms with Gasteiger partial charge in [-0.3, -0.25) is 0 Å². The van der Waals surface area contributed by atoms with Gasteiger partial charge < -0.3 is 37.6 Å². The molecule has 11 heteroatoms. The molecule has 0 heterocycles. The second-order valence-electron chi connectivity index (χ2n) is 7.75. The summed E-state index contributed by atoms with van der Waals surface area (Å²) in [6, 6.07) is 12.7. The third-order valence-electron chi connectivity index (χ3n) is 5.07. The number of anilines is 2. The summed E-state index contributed by atoms with van der Waals surface area (Å²) in [5, 5.41) is 6.31. The maximum Gasteiger partial charge on any atom is 2.00 e. The molecule has 2 aromatic carbocycles. The third-order valence-corrected chi connectivity index (χ3v) is 5.50. The first-order chi connectivity index (χ1) is 15.4. The van der Waals surface area contributed by atoms with E-state index in [1.54, 1.807) is 0 Å². The molecule has 0 fully saturated rings. The van der Waals surface area contributed by atoms with Crippen LogP contribution < -0.4 is 10.6 Å². The Kier molecular flexibility index (Phi) is 37.8. The van der Waals surface area contributed by atoms with Gasteiger partial charge in [-0.25, -0.2) is 0 Å². The van der Waals surface area contributed by atoms with Gasteiger partial charge in [-0.15, -0.1) is 25.3 Å². The minimum absolute atomic E-state index is 0. The predicted molar refractivity (Wildman–Crippen MR) is 174 cm³/mol. The molecule has 0 saturated carbocycles. The Labute approximate surface area is 300 Å². The van der Waals surface area contributed by atoms with E-state index in [-0.39, 0.29) is 85.4 Å². The largest absolute Gasteiger partial charge is 2.00 e. The van der Waals surface area contributed by atoms with Crippen LogP contribution in [0, 0.1) is 0 Å². The van der Waals surface area contributed by atoms with Crippen molar-refractivity contribution in [2.75, 3.05) is 10.6 Å². The normalized spacial score (nSPS) is 8.81. The first-order valence-electron chi connectivity index (χ1n) is 11.6. The number of hydrogen-bond donors (Lipinski definition) is 4. The van der Waals surface area contributed by atoms with Gasteiger partial charge in [-0.1, -0.05) is 102 Å². The van der Waals surface area contributed by atoms with Gasteiger partial charge in [-0.2, -0.15) is 0 Å². The Hall–Kier alpha value is 1.49. The van der Waals surface area contributed by atoms with E-state index in [4.69, 9.17) is 24.4 Å². The summed E-state index contributed by atoms with van der Waals surface area (Å²) in [7, 11) is 0. The molecular weight excluding hydrogens is 729 g/mol. The van der Waals surface area contributed by atoms with Crippen LogP contribution >= 0.6 is 49.7 Å². The topological polar surface area (TPSA) is 24.1 Å². The molecule has 37 heavy (non-hydrogen) atoms. The Morgan fingerprint density at radius 1 is 0.595 bits per heavy atom. The van der Waals surface area contributed by atoms with Crippen LogP contribution in [0.15, 0.2) is 36.4 Å². The number of thiol groups is 2. The van der Waals surface area contributed by atoms with Gasteiger partial charge >= 0.3 is 58.4 Å². The Balaban J connectivity index is -0.000000163. The van der Waals surface area contributed by atoms with Crippen LogP contribution in [0.1, 0.15) is 75.6 Å². The summed E-state index contributed by atoms with van der Waals surface area (Å²) in [6.07, 6.45) is 9.08. The molecule has 0 aliphatic rings. The smallest absolute Gasteiger partial charge is 2.00 e. The zero-order valence-electron chi connectivity index (χ0n) is 22.8. The summed E-state index contributed by atoms with van der Waals surface area (Å²) in [4.78, 5) is 0. The molecule has 0 aliphatic heterocycles. The molecule has 0 amide bonds. The molecule has 0 atom stereocenters. The Morgan fingerprint density at radius 2 is 0.892 bits per heavy atom. The number of nitrogens with one attached hydrogen (secondary N) is 2. The number of rotatable bonds is 10. The van der Waals surface area contributed by atoms with Gasteiger partial charge in [0.15, 0.2) is 0 Å². The van der Waals surface area contributed by atoms with E-state index >= 15 is 0 Å². The second kappa shape index (κ2) is 29.0. The molecule has 0 aromatic heterocycles. The van der Waals surface area contributed by atoms with Crippen molar-refractivity contribution in [3.05, 3.63) is 58.7 Å². The van der Waals surface area contributed by atoms with Crippen LogP contribution in [0.25, 0.3) is 0 Å². The Morgan fingerprint density at radius 3 is 1.14 bits per heavy atom. The summed E-state index contributed by atoms with van der Waals surface area (Å²) in [6.45, 7) is 8.81. The Bertz CT molecular complexity index is 814. The van der Waals surface area contributed by atoms with Crippen LogP contribution in [0.2, 0.25) is 0 Å².